The third kappa shape index (κ3) is 3.63. The summed E-state index contributed by atoms with van der Waals surface area (Å²) in [5.41, 5.74) is 2.27. The summed E-state index contributed by atoms with van der Waals surface area (Å²) in [5, 5.41) is 12.2. The summed E-state index contributed by atoms with van der Waals surface area (Å²) in [4.78, 5) is 4.59. The molecule has 2 aromatic carbocycles. The lowest BCUT2D eigenvalue weighted by Crippen LogP contribution is -2.15. The highest BCUT2D eigenvalue weighted by Crippen LogP contribution is 2.24. The molecule has 0 spiro atoms. The van der Waals surface area contributed by atoms with E-state index in [1.807, 2.05) is 30.3 Å². The molecule has 7 nitrogen and oxygen atoms in total. The second kappa shape index (κ2) is 7.24. The molecule has 0 saturated carbocycles. The van der Waals surface area contributed by atoms with Gasteiger partial charge in [0.25, 0.3) is 10.0 Å². The topological polar surface area (TPSA) is 96.9 Å². The molecule has 0 unspecified atom stereocenters. The summed E-state index contributed by atoms with van der Waals surface area (Å²) < 4.78 is 27.5. The van der Waals surface area contributed by atoms with Gasteiger partial charge in [0.1, 0.15) is 0 Å². The van der Waals surface area contributed by atoms with Crippen LogP contribution in [0.5, 0.6) is 0 Å². The Bertz CT molecular complexity index is 1240. The van der Waals surface area contributed by atoms with Crippen molar-refractivity contribution in [1.82, 2.24) is 15.2 Å². The SMILES string of the molecule is Cc1ccccc1S(=O)(=O)Nc1ccc(Nc2cccc3cccnc23)nn1. The van der Waals surface area contributed by atoms with Gasteiger partial charge in [-0.3, -0.25) is 9.71 Å². The van der Waals surface area contributed by atoms with Gasteiger partial charge < -0.3 is 5.32 Å². The first-order valence-corrected chi connectivity index (χ1v) is 10.0. The summed E-state index contributed by atoms with van der Waals surface area (Å²) in [5.74, 6) is 0.627. The molecule has 0 radical (unpaired) electrons. The van der Waals surface area contributed by atoms with E-state index in [1.54, 1.807) is 49.5 Å². The first-order chi connectivity index (χ1) is 13.5. The Morgan fingerprint density at radius 2 is 1.57 bits per heavy atom. The molecule has 2 heterocycles. The van der Waals surface area contributed by atoms with Gasteiger partial charge in [0.05, 0.1) is 16.1 Å². The minimum absolute atomic E-state index is 0.143. The number of nitrogens with one attached hydrogen (secondary N) is 2. The average Bonchev–Trinajstić information content (AvgIpc) is 2.70. The molecule has 0 aliphatic carbocycles. The van der Waals surface area contributed by atoms with E-state index in [4.69, 9.17) is 0 Å². The predicted octanol–water partition coefficient (Wildman–Crippen LogP) is 3.88. The van der Waals surface area contributed by atoms with E-state index in [1.165, 1.54) is 0 Å². The van der Waals surface area contributed by atoms with Crippen molar-refractivity contribution in [3.8, 4) is 0 Å². The Balaban J connectivity index is 1.55. The second-order valence-corrected chi connectivity index (χ2v) is 7.83. The quantitative estimate of drug-likeness (QED) is 0.536. The van der Waals surface area contributed by atoms with Crippen molar-refractivity contribution < 1.29 is 8.42 Å². The Labute approximate surface area is 162 Å². The van der Waals surface area contributed by atoms with Crippen molar-refractivity contribution in [3.05, 3.63) is 78.5 Å². The number of nitrogens with zero attached hydrogens (tertiary/aromatic N) is 3. The maximum Gasteiger partial charge on any atom is 0.263 e. The molecule has 4 aromatic rings. The standard InChI is InChI=1S/C20H17N5O2S/c1-14-6-2-3-10-17(14)28(26,27)25-19-12-11-18(23-24-19)22-16-9-4-7-15-8-5-13-21-20(15)16/h2-13H,1H3,(H,22,23)(H,24,25). The van der Waals surface area contributed by atoms with Crippen molar-refractivity contribution in [2.24, 2.45) is 0 Å². The molecule has 140 valence electrons. The van der Waals surface area contributed by atoms with Crippen LogP contribution < -0.4 is 10.0 Å². The maximum atomic E-state index is 12.5. The summed E-state index contributed by atoms with van der Waals surface area (Å²) in [6.45, 7) is 1.74. The molecule has 28 heavy (non-hydrogen) atoms. The van der Waals surface area contributed by atoms with Gasteiger partial charge in [-0.15, -0.1) is 10.2 Å². The van der Waals surface area contributed by atoms with E-state index in [0.29, 0.717) is 11.4 Å². The Morgan fingerprint density at radius 3 is 2.36 bits per heavy atom. The summed E-state index contributed by atoms with van der Waals surface area (Å²) in [6, 6.07) is 19.6. The summed E-state index contributed by atoms with van der Waals surface area (Å²) in [6.07, 6.45) is 1.72. The van der Waals surface area contributed by atoms with Crippen molar-refractivity contribution in [2.45, 2.75) is 11.8 Å². The lowest BCUT2D eigenvalue weighted by atomic mass is 10.2. The van der Waals surface area contributed by atoms with Crippen molar-refractivity contribution in [2.75, 3.05) is 10.0 Å². The van der Waals surface area contributed by atoms with E-state index in [9.17, 15) is 8.42 Å². The Morgan fingerprint density at radius 1 is 0.821 bits per heavy atom. The van der Waals surface area contributed by atoms with Gasteiger partial charge in [-0.2, -0.15) is 0 Å². The van der Waals surface area contributed by atoms with E-state index >= 15 is 0 Å². The average molecular weight is 391 g/mol. The highest BCUT2D eigenvalue weighted by molar-refractivity contribution is 7.92. The molecule has 0 aliphatic rings. The predicted molar refractivity (Wildman–Crippen MR) is 109 cm³/mol. The molecule has 0 bridgehead atoms. The number of benzene rings is 2. The fraction of sp³-hybridized carbons (Fsp3) is 0.0500. The number of anilines is 3. The Hall–Kier alpha value is -3.52. The highest BCUT2D eigenvalue weighted by Gasteiger charge is 2.17. The van der Waals surface area contributed by atoms with Crippen LogP contribution in [0.4, 0.5) is 17.3 Å². The normalized spacial score (nSPS) is 11.3. The zero-order chi connectivity index (χ0) is 19.6. The molecule has 0 saturated heterocycles. The number of rotatable bonds is 5. The zero-order valence-electron chi connectivity index (χ0n) is 15.0. The van der Waals surface area contributed by atoms with E-state index in [-0.39, 0.29) is 10.7 Å². The molecule has 2 aromatic heterocycles. The van der Waals surface area contributed by atoms with E-state index in [0.717, 1.165) is 16.6 Å². The molecule has 4 rings (SSSR count). The second-order valence-electron chi connectivity index (χ2n) is 6.18. The van der Waals surface area contributed by atoms with Crippen LogP contribution in [0.15, 0.2) is 77.8 Å². The van der Waals surface area contributed by atoms with Crippen LogP contribution in [0, 0.1) is 6.92 Å². The summed E-state index contributed by atoms with van der Waals surface area (Å²) >= 11 is 0. The molecular weight excluding hydrogens is 374 g/mol. The largest absolute Gasteiger partial charge is 0.337 e. The number of aromatic nitrogens is 3. The maximum absolute atomic E-state index is 12.5. The van der Waals surface area contributed by atoms with Crippen LogP contribution in [0.1, 0.15) is 5.56 Å². The number of hydrogen-bond donors (Lipinski definition) is 2. The molecule has 0 fully saturated rings. The monoisotopic (exact) mass is 391 g/mol. The van der Waals surface area contributed by atoms with Crippen LogP contribution in [0.25, 0.3) is 10.9 Å². The first-order valence-electron chi connectivity index (χ1n) is 8.56. The van der Waals surface area contributed by atoms with Crippen molar-refractivity contribution in [1.29, 1.82) is 0 Å². The van der Waals surface area contributed by atoms with Crippen LogP contribution in [-0.4, -0.2) is 23.6 Å². The molecule has 0 amide bonds. The number of sulfonamides is 1. The van der Waals surface area contributed by atoms with Gasteiger partial charge in [0.2, 0.25) is 0 Å². The number of hydrogen-bond acceptors (Lipinski definition) is 6. The number of aryl methyl sites for hydroxylation is 1. The van der Waals surface area contributed by atoms with Gasteiger partial charge in [-0.1, -0.05) is 36.4 Å². The Kier molecular flexibility index (Phi) is 4.62. The fourth-order valence-corrected chi connectivity index (χ4v) is 4.09. The molecule has 8 heteroatoms. The number of para-hydroxylation sites is 1. The first kappa shape index (κ1) is 17.9. The molecule has 2 N–H and O–H groups in total. The molecular formula is C20H17N5O2S. The van der Waals surface area contributed by atoms with Crippen molar-refractivity contribution >= 4 is 38.2 Å². The van der Waals surface area contributed by atoms with Gasteiger partial charge in [-0.25, -0.2) is 8.42 Å². The van der Waals surface area contributed by atoms with Crippen LogP contribution in [0.3, 0.4) is 0 Å². The van der Waals surface area contributed by atoms with Crippen LogP contribution in [0.2, 0.25) is 0 Å². The van der Waals surface area contributed by atoms with Crippen LogP contribution >= 0.6 is 0 Å². The lowest BCUT2D eigenvalue weighted by Gasteiger charge is -2.10. The van der Waals surface area contributed by atoms with Crippen LogP contribution in [-0.2, 0) is 10.0 Å². The minimum atomic E-state index is -3.73. The van der Waals surface area contributed by atoms with E-state index < -0.39 is 10.0 Å². The minimum Gasteiger partial charge on any atom is -0.337 e. The van der Waals surface area contributed by atoms with Gasteiger partial charge in [0, 0.05) is 11.6 Å². The van der Waals surface area contributed by atoms with Crippen molar-refractivity contribution in [3.63, 3.8) is 0 Å². The zero-order valence-corrected chi connectivity index (χ0v) is 15.8. The number of pyridine rings is 1. The third-order valence-electron chi connectivity index (χ3n) is 4.18. The fourth-order valence-electron chi connectivity index (χ4n) is 2.85. The van der Waals surface area contributed by atoms with Gasteiger partial charge in [0.15, 0.2) is 11.6 Å². The highest BCUT2D eigenvalue weighted by atomic mass is 32.2. The lowest BCUT2D eigenvalue weighted by molar-refractivity contribution is 0.600. The molecule has 0 atom stereocenters. The van der Waals surface area contributed by atoms with E-state index in [2.05, 4.69) is 25.2 Å². The van der Waals surface area contributed by atoms with Gasteiger partial charge in [-0.05, 0) is 42.8 Å². The van der Waals surface area contributed by atoms with Gasteiger partial charge >= 0.3 is 0 Å². The third-order valence-corrected chi connectivity index (χ3v) is 5.70. The summed E-state index contributed by atoms with van der Waals surface area (Å²) in [7, 11) is -3.73. The molecule has 0 aliphatic heterocycles. The number of fused-ring (bicyclic) bond motifs is 1. The smallest absolute Gasteiger partial charge is 0.263 e.